The summed E-state index contributed by atoms with van der Waals surface area (Å²) >= 11 is 0. The Morgan fingerprint density at radius 2 is 1.74 bits per heavy atom. The molecule has 128 valence electrons. The van der Waals surface area contributed by atoms with Crippen molar-refractivity contribution in [2.45, 2.75) is 11.8 Å². The highest BCUT2D eigenvalue weighted by Gasteiger charge is 2.15. The van der Waals surface area contributed by atoms with Crippen molar-refractivity contribution >= 4 is 27.5 Å². The maximum atomic E-state index is 12.1. The summed E-state index contributed by atoms with van der Waals surface area (Å²) in [6.07, 6.45) is 0. The van der Waals surface area contributed by atoms with Gasteiger partial charge in [-0.3, -0.25) is 9.59 Å². The average Bonchev–Trinajstić information content (AvgIpc) is 2.45. The Kier molecular flexibility index (Phi) is 7.14. The van der Waals surface area contributed by atoms with Gasteiger partial charge in [0.15, 0.2) is 0 Å². The number of anilines is 1. The van der Waals surface area contributed by atoms with Crippen LogP contribution in [-0.4, -0.2) is 58.9 Å². The maximum absolute atomic E-state index is 12.1. The van der Waals surface area contributed by atoms with E-state index in [1.54, 1.807) is 0 Å². The lowest BCUT2D eigenvalue weighted by atomic mass is 10.3. The molecule has 1 aromatic rings. The Hall–Kier alpha value is -1.97. The van der Waals surface area contributed by atoms with E-state index in [4.69, 9.17) is 0 Å². The van der Waals surface area contributed by atoms with Crippen LogP contribution >= 0.6 is 0 Å². The summed E-state index contributed by atoms with van der Waals surface area (Å²) in [5, 5.41) is 5.16. The van der Waals surface area contributed by atoms with E-state index in [1.165, 1.54) is 31.2 Å². The molecule has 0 atom stereocenters. The van der Waals surface area contributed by atoms with Crippen molar-refractivity contribution in [1.29, 1.82) is 0 Å². The number of sulfonamides is 1. The van der Waals surface area contributed by atoms with Crippen LogP contribution in [0.2, 0.25) is 0 Å². The van der Waals surface area contributed by atoms with Crippen molar-refractivity contribution in [3.8, 4) is 0 Å². The average molecular weight is 342 g/mol. The molecule has 3 N–H and O–H groups in total. The minimum absolute atomic E-state index is 0.0210. The molecular formula is C14H22N4O4S. The quantitative estimate of drug-likeness (QED) is 0.596. The zero-order valence-electron chi connectivity index (χ0n) is 13.4. The summed E-state index contributed by atoms with van der Waals surface area (Å²) in [6, 6.07) is 5.68. The molecular weight excluding hydrogens is 320 g/mol. The van der Waals surface area contributed by atoms with Crippen LogP contribution < -0.4 is 15.4 Å². The van der Waals surface area contributed by atoms with Gasteiger partial charge in [0.2, 0.25) is 21.8 Å². The number of rotatable bonds is 8. The predicted octanol–water partition coefficient (Wildman–Crippen LogP) is -0.399. The number of nitrogens with zero attached hydrogens (tertiary/aromatic N) is 1. The first-order chi connectivity index (χ1) is 10.7. The third-order valence-corrected chi connectivity index (χ3v) is 4.21. The molecule has 0 aliphatic rings. The smallest absolute Gasteiger partial charge is 0.241 e. The SMILES string of the molecule is CC(=O)Nc1ccc(S(=O)(=O)NCC(=O)NCCN(C)C)cc1. The number of hydrogen-bond acceptors (Lipinski definition) is 5. The van der Waals surface area contributed by atoms with Crippen molar-refractivity contribution in [1.82, 2.24) is 14.9 Å². The first-order valence-corrected chi connectivity index (χ1v) is 8.48. The van der Waals surface area contributed by atoms with Crippen LogP contribution in [0.3, 0.4) is 0 Å². The number of carbonyl (C=O) groups is 2. The monoisotopic (exact) mass is 342 g/mol. The summed E-state index contributed by atoms with van der Waals surface area (Å²) in [7, 11) is -0.0269. The number of benzene rings is 1. The van der Waals surface area contributed by atoms with Gasteiger partial charge in [0.05, 0.1) is 11.4 Å². The molecule has 1 aromatic carbocycles. The molecule has 2 amide bonds. The van der Waals surface area contributed by atoms with Gasteiger partial charge in [-0.15, -0.1) is 0 Å². The first-order valence-electron chi connectivity index (χ1n) is 6.99. The van der Waals surface area contributed by atoms with E-state index in [9.17, 15) is 18.0 Å². The van der Waals surface area contributed by atoms with Crippen LogP contribution in [-0.2, 0) is 19.6 Å². The fourth-order valence-electron chi connectivity index (χ4n) is 1.65. The molecule has 0 fully saturated rings. The van der Waals surface area contributed by atoms with Crippen LogP contribution in [0.25, 0.3) is 0 Å². The molecule has 0 bridgehead atoms. The normalized spacial score (nSPS) is 11.3. The van der Waals surface area contributed by atoms with Crippen molar-refractivity contribution in [3.63, 3.8) is 0 Å². The number of carbonyl (C=O) groups excluding carboxylic acids is 2. The molecule has 8 nitrogen and oxygen atoms in total. The molecule has 0 aliphatic heterocycles. The summed E-state index contributed by atoms with van der Waals surface area (Å²) in [5.41, 5.74) is 0.498. The minimum atomic E-state index is -3.78. The summed E-state index contributed by atoms with van der Waals surface area (Å²) in [5.74, 6) is -0.640. The van der Waals surface area contributed by atoms with Crippen LogP contribution in [0, 0.1) is 0 Å². The van der Waals surface area contributed by atoms with Crippen molar-refractivity contribution in [3.05, 3.63) is 24.3 Å². The molecule has 0 unspecified atom stereocenters. The summed E-state index contributed by atoms with van der Waals surface area (Å²) in [6.45, 7) is 2.15. The number of nitrogens with one attached hydrogen (secondary N) is 3. The highest BCUT2D eigenvalue weighted by atomic mass is 32.2. The van der Waals surface area contributed by atoms with Gasteiger partial charge in [0.25, 0.3) is 0 Å². The zero-order chi connectivity index (χ0) is 17.5. The molecule has 9 heteroatoms. The third-order valence-electron chi connectivity index (χ3n) is 2.79. The van der Waals surface area contributed by atoms with E-state index < -0.39 is 15.9 Å². The van der Waals surface area contributed by atoms with Crippen LogP contribution in [0.4, 0.5) is 5.69 Å². The Balaban J connectivity index is 2.55. The van der Waals surface area contributed by atoms with Crippen molar-refractivity contribution in [2.75, 3.05) is 39.0 Å². The number of likely N-dealkylation sites (N-methyl/N-ethyl adjacent to an activating group) is 1. The fraction of sp³-hybridized carbons (Fsp3) is 0.429. The van der Waals surface area contributed by atoms with Gasteiger partial charge in [0.1, 0.15) is 0 Å². The molecule has 0 heterocycles. The Labute approximate surface area is 136 Å². The second-order valence-electron chi connectivity index (χ2n) is 5.18. The second kappa shape index (κ2) is 8.61. The van der Waals surface area contributed by atoms with Gasteiger partial charge in [-0.05, 0) is 38.4 Å². The van der Waals surface area contributed by atoms with E-state index >= 15 is 0 Å². The van der Waals surface area contributed by atoms with Crippen LogP contribution in [0.1, 0.15) is 6.92 Å². The van der Waals surface area contributed by atoms with Gasteiger partial charge in [-0.25, -0.2) is 13.1 Å². The Morgan fingerprint density at radius 1 is 1.13 bits per heavy atom. The van der Waals surface area contributed by atoms with Gasteiger partial charge >= 0.3 is 0 Å². The molecule has 0 radical (unpaired) electrons. The highest BCUT2D eigenvalue weighted by molar-refractivity contribution is 7.89. The molecule has 1 rings (SSSR count). The van der Waals surface area contributed by atoms with Crippen molar-refractivity contribution < 1.29 is 18.0 Å². The van der Waals surface area contributed by atoms with Gasteiger partial charge in [0, 0.05) is 25.7 Å². The van der Waals surface area contributed by atoms with E-state index in [0.717, 1.165) is 0 Å². The highest BCUT2D eigenvalue weighted by Crippen LogP contribution is 2.13. The molecule has 0 saturated heterocycles. The largest absolute Gasteiger partial charge is 0.354 e. The molecule has 23 heavy (non-hydrogen) atoms. The number of amides is 2. The first kappa shape index (κ1) is 19.1. The molecule has 0 aromatic heterocycles. The summed E-state index contributed by atoms with van der Waals surface area (Å²) in [4.78, 5) is 24.4. The molecule has 0 aliphatic carbocycles. The number of hydrogen-bond donors (Lipinski definition) is 3. The van der Waals surface area contributed by atoms with E-state index in [2.05, 4.69) is 15.4 Å². The lowest BCUT2D eigenvalue weighted by Gasteiger charge is -2.11. The third kappa shape index (κ3) is 7.22. The minimum Gasteiger partial charge on any atom is -0.354 e. The van der Waals surface area contributed by atoms with Crippen LogP contribution in [0.5, 0.6) is 0 Å². The zero-order valence-corrected chi connectivity index (χ0v) is 14.2. The Morgan fingerprint density at radius 3 is 2.26 bits per heavy atom. The van der Waals surface area contributed by atoms with Gasteiger partial charge in [-0.1, -0.05) is 0 Å². The Bertz CT molecular complexity index is 641. The predicted molar refractivity (Wildman–Crippen MR) is 87.5 cm³/mol. The van der Waals surface area contributed by atoms with E-state index in [-0.39, 0.29) is 17.3 Å². The topological polar surface area (TPSA) is 108 Å². The van der Waals surface area contributed by atoms with E-state index in [1.807, 2.05) is 19.0 Å². The van der Waals surface area contributed by atoms with Gasteiger partial charge in [-0.2, -0.15) is 0 Å². The van der Waals surface area contributed by atoms with E-state index in [0.29, 0.717) is 18.8 Å². The van der Waals surface area contributed by atoms with Crippen LogP contribution in [0.15, 0.2) is 29.2 Å². The lowest BCUT2D eigenvalue weighted by molar-refractivity contribution is -0.120. The standard InChI is InChI=1S/C14H22N4O4S/c1-11(19)17-12-4-6-13(7-5-12)23(21,22)16-10-14(20)15-8-9-18(2)3/h4-7,16H,8-10H2,1-3H3,(H,15,20)(H,17,19). The second-order valence-corrected chi connectivity index (χ2v) is 6.95. The lowest BCUT2D eigenvalue weighted by Crippen LogP contribution is -2.39. The fourth-order valence-corrected chi connectivity index (χ4v) is 2.63. The molecule has 0 spiro atoms. The van der Waals surface area contributed by atoms with Gasteiger partial charge < -0.3 is 15.5 Å². The molecule has 0 saturated carbocycles. The maximum Gasteiger partial charge on any atom is 0.241 e. The van der Waals surface area contributed by atoms with Crippen molar-refractivity contribution in [2.24, 2.45) is 0 Å². The summed E-state index contributed by atoms with van der Waals surface area (Å²) < 4.78 is 26.4.